The topological polar surface area (TPSA) is 44.7 Å². The lowest BCUT2D eigenvalue weighted by molar-refractivity contribution is 0.0789. The van der Waals surface area contributed by atoms with Crippen LogP contribution in [0.3, 0.4) is 0 Å². The summed E-state index contributed by atoms with van der Waals surface area (Å²) in [6, 6.07) is 0. The Bertz CT molecular complexity index is 135. The summed E-state index contributed by atoms with van der Waals surface area (Å²) in [6.07, 6.45) is 0. The van der Waals surface area contributed by atoms with Crippen molar-refractivity contribution in [1.29, 1.82) is 0 Å². The lowest BCUT2D eigenvalue weighted by Crippen LogP contribution is -2.39. The molecule has 0 radical (unpaired) electrons. The van der Waals surface area contributed by atoms with Gasteiger partial charge in [-0.15, -0.1) is 0 Å². The van der Waals surface area contributed by atoms with Crippen molar-refractivity contribution < 1.29 is 9.84 Å². The van der Waals surface area contributed by atoms with Gasteiger partial charge < -0.3 is 20.1 Å². The van der Waals surface area contributed by atoms with Crippen LogP contribution in [0.1, 0.15) is 13.8 Å². The van der Waals surface area contributed by atoms with Crippen molar-refractivity contribution in [1.82, 2.24) is 10.2 Å². The van der Waals surface area contributed by atoms with Crippen LogP contribution in [0.2, 0.25) is 0 Å². The number of likely N-dealkylation sites (N-methyl/N-ethyl adjacent to an activating group) is 1. The van der Waals surface area contributed by atoms with Crippen LogP contribution >= 0.6 is 0 Å². The van der Waals surface area contributed by atoms with Crippen molar-refractivity contribution in [3.63, 3.8) is 0 Å². The van der Waals surface area contributed by atoms with E-state index in [0.29, 0.717) is 6.54 Å². The average Bonchev–Trinajstić information content (AvgIpc) is 2.07. The van der Waals surface area contributed by atoms with Gasteiger partial charge in [-0.05, 0) is 20.9 Å². The maximum absolute atomic E-state index is 9.43. The number of rotatable bonds is 8. The van der Waals surface area contributed by atoms with Crippen molar-refractivity contribution in [2.75, 3.05) is 46.9 Å². The molecule has 0 amide bonds. The molecule has 0 atom stereocenters. The van der Waals surface area contributed by atoms with E-state index >= 15 is 0 Å². The summed E-state index contributed by atoms with van der Waals surface area (Å²) in [5.74, 6) is 0. The number of methoxy groups -OCH3 is 1. The second-order valence-corrected chi connectivity index (χ2v) is 4.29. The third-order valence-corrected chi connectivity index (χ3v) is 1.91. The Hall–Kier alpha value is -0.160. The Labute approximate surface area is 87.2 Å². The molecule has 0 bridgehead atoms. The number of hydrogen-bond donors (Lipinski definition) is 2. The van der Waals surface area contributed by atoms with Crippen molar-refractivity contribution >= 4 is 0 Å². The summed E-state index contributed by atoms with van der Waals surface area (Å²) in [5, 5.41) is 12.6. The zero-order valence-corrected chi connectivity index (χ0v) is 9.84. The molecule has 0 aromatic heterocycles. The molecule has 0 spiro atoms. The molecule has 0 unspecified atom stereocenters. The Morgan fingerprint density at radius 2 is 2.00 bits per heavy atom. The fraction of sp³-hybridized carbons (Fsp3) is 1.00. The van der Waals surface area contributed by atoms with Crippen LogP contribution in [0.4, 0.5) is 0 Å². The molecule has 86 valence electrons. The lowest BCUT2D eigenvalue weighted by atomic mass is 10.1. The Balaban J connectivity index is 3.27. The molecule has 0 aromatic carbocycles. The summed E-state index contributed by atoms with van der Waals surface area (Å²) in [7, 11) is 3.77. The first-order valence-corrected chi connectivity index (χ1v) is 5.06. The van der Waals surface area contributed by atoms with Crippen LogP contribution < -0.4 is 5.32 Å². The second kappa shape index (κ2) is 7.17. The summed E-state index contributed by atoms with van der Waals surface area (Å²) >= 11 is 0. The maximum atomic E-state index is 9.43. The number of aliphatic hydroxyl groups is 1. The predicted octanol–water partition coefficient (Wildman–Crippen LogP) is -0.0749. The van der Waals surface area contributed by atoms with E-state index in [-0.39, 0.29) is 0 Å². The molecular formula is C10H24N2O2. The van der Waals surface area contributed by atoms with Crippen molar-refractivity contribution in [3.05, 3.63) is 0 Å². The molecule has 0 rings (SSSR count). The quantitative estimate of drug-likeness (QED) is 0.543. The molecular weight excluding hydrogens is 180 g/mol. The van der Waals surface area contributed by atoms with E-state index in [4.69, 9.17) is 4.74 Å². The van der Waals surface area contributed by atoms with E-state index in [1.165, 1.54) is 0 Å². The van der Waals surface area contributed by atoms with E-state index in [9.17, 15) is 5.11 Å². The second-order valence-electron chi connectivity index (χ2n) is 4.29. The summed E-state index contributed by atoms with van der Waals surface area (Å²) in [4.78, 5) is 2.20. The van der Waals surface area contributed by atoms with Crippen molar-refractivity contribution in [2.24, 2.45) is 0 Å². The van der Waals surface area contributed by atoms with Gasteiger partial charge in [0.2, 0.25) is 0 Å². The minimum absolute atomic E-state index is 0.620. The normalized spacial score (nSPS) is 12.4. The van der Waals surface area contributed by atoms with Gasteiger partial charge in [0, 0.05) is 33.3 Å². The van der Waals surface area contributed by atoms with E-state index < -0.39 is 5.60 Å². The van der Waals surface area contributed by atoms with Gasteiger partial charge in [0.1, 0.15) is 0 Å². The molecule has 2 N–H and O–H groups in total. The van der Waals surface area contributed by atoms with Crippen LogP contribution in [0.5, 0.6) is 0 Å². The smallest absolute Gasteiger partial charge is 0.0715 e. The molecule has 4 nitrogen and oxygen atoms in total. The number of ether oxygens (including phenoxy) is 1. The van der Waals surface area contributed by atoms with E-state index in [2.05, 4.69) is 17.3 Å². The third-order valence-electron chi connectivity index (χ3n) is 1.91. The minimum atomic E-state index is -0.620. The maximum Gasteiger partial charge on any atom is 0.0715 e. The predicted molar refractivity (Wildman–Crippen MR) is 58.5 cm³/mol. The molecule has 0 aromatic rings. The number of hydrogen-bond acceptors (Lipinski definition) is 4. The molecule has 0 saturated carbocycles. The monoisotopic (exact) mass is 204 g/mol. The van der Waals surface area contributed by atoms with Crippen LogP contribution in [0.15, 0.2) is 0 Å². The minimum Gasteiger partial charge on any atom is -0.389 e. The zero-order chi connectivity index (χ0) is 11.0. The molecule has 0 aliphatic carbocycles. The summed E-state index contributed by atoms with van der Waals surface area (Å²) in [6.45, 7) is 7.81. The Morgan fingerprint density at radius 3 is 2.50 bits per heavy atom. The molecule has 0 fully saturated rings. The van der Waals surface area contributed by atoms with Gasteiger partial charge in [0.25, 0.3) is 0 Å². The van der Waals surface area contributed by atoms with E-state index in [1.807, 2.05) is 0 Å². The Kier molecular flexibility index (Phi) is 7.09. The standard InChI is InChI=1S/C10H24N2O2/c1-10(2,13)9-11-5-6-12(3)7-8-14-4/h11,13H,5-9H2,1-4H3. The molecule has 0 heterocycles. The Morgan fingerprint density at radius 1 is 1.36 bits per heavy atom. The molecule has 0 aliphatic rings. The zero-order valence-electron chi connectivity index (χ0n) is 9.84. The van der Waals surface area contributed by atoms with Crippen LogP contribution in [-0.4, -0.2) is 62.6 Å². The van der Waals surface area contributed by atoms with E-state index in [1.54, 1.807) is 21.0 Å². The van der Waals surface area contributed by atoms with E-state index in [0.717, 1.165) is 26.2 Å². The fourth-order valence-electron chi connectivity index (χ4n) is 1.02. The van der Waals surface area contributed by atoms with Crippen LogP contribution in [0, 0.1) is 0 Å². The molecule has 14 heavy (non-hydrogen) atoms. The largest absolute Gasteiger partial charge is 0.389 e. The first kappa shape index (κ1) is 13.8. The van der Waals surface area contributed by atoms with Gasteiger partial charge >= 0.3 is 0 Å². The highest BCUT2D eigenvalue weighted by atomic mass is 16.5. The highest BCUT2D eigenvalue weighted by Crippen LogP contribution is 1.96. The highest BCUT2D eigenvalue weighted by molar-refractivity contribution is 4.68. The van der Waals surface area contributed by atoms with Crippen LogP contribution in [-0.2, 0) is 4.74 Å². The number of nitrogens with one attached hydrogen (secondary N) is 1. The van der Waals surface area contributed by atoms with Crippen molar-refractivity contribution in [2.45, 2.75) is 19.4 Å². The van der Waals surface area contributed by atoms with Crippen molar-refractivity contribution in [3.8, 4) is 0 Å². The highest BCUT2D eigenvalue weighted by Gasteiger charge is 2.10. The average molecular weight is 204 g/mol. The van der Waals surface area contributed by atoms with Crippen LogP contribution in [0.25, 0.3) is 0 Å². The lowest BCUT2D eigenvalue weighted by Gasteiger charge is -2.20. The number of nitrogens with zero attached hydrogens (tertiary/aromatic N) is 1. The molecule has 4 heteroatoms. The van der Waals surface area contributed by atoms with Gasteiger partial charge in [-0.3, -0.25) is 0 Å². The van der Waals surface area contributed by atoms with Gasteiger partial charge in [0.15, 0.2) is 0 Å². The van der Waals surface area contributed by atoms with Gasteiger partial charge in [-0.2, -0.15) is 0 Å². The van der Waals surface area contributed by atoms with Gasteiger partial charge in [-0.1, -0.05) is 0 Å². The summed E-state index contributed by atoms with van der Waals surface area (Å²) in [5.41, 5.74) is -0.620. The summed E-state index contributed by atoms with van der Waals surface area (Å²) < 4.78 is 4.97. The molecule has 0 aliphatic heterocycles. The first-order valence-electron chi connectivity index (χ1n) is 5.06. The first-order chi connectivity index (χ1) is 6.45. The fourth-order valence-corrected chi connectivity index (χ4v) is 1.02. The van der Waals surface area contributed by atoms with Gasteiger partial charge in [-0.25, -0.2) is 0 Å². The molecule has 0 saturated heterocycles. The third kappa shape index (κ3) is 9.92. The SMILES string of the molecule is COCCN(C)CCNCC(C)(C)O. The van der Waals surface area contributed by atoms with Gasteiger partial charge in [0.05, 0.1) is 12.2 Å².